The average Bonchev–Trinajstić information content (AvgIpc) is 2.01. The molecule has 2 atom stereocenters. The van der Waals surface area contributed by atoms with Gasteiger partial charge < -0.3 is 9.84 Å². The van der Waals surface area contributed by atoms with Crippen molar-refractivity contribution in [2.24, 2.45) is 0 Å². The third-order valence-electron chi connectivity index (χ3n) is 1.76. The SMILES string of the molecule is CCC(C)(F)COC(C)(F)C(=O)O. The average molecular weight is 196 g/mol. The lowest BCUT2D eigenvalue weighted by atomic mass is 10.1. The molecule has 0 aromatic carbocycles. The van der Waals surface area contributed by atoms with Gasteiger partial charge >= 0.3 is 11.8 Å². The summed E-state index contributed by atoms with van der Waals surface area (Å²) in [5.74, 6) is -4.57. The lowest BCUT2D eigenvalue weighted by molar-refractivity contribution is -0.197. The van der Waals surface area contributed by atoms with Gasteiger partial charge in [0, 0.05) is 6.92 Å². The van der Waals surface area contributed by atoms with Crippen LogP contribution in [0.4, 0.5) is 8.78 Å². The van der Waals surface area contributed by atoms with E-state index in [1.807, 2.05) is 0 Å². The summed E-state index contributed by atoms with van der Waals surface area (Å²) in [5, 5.41) is 8.29. The van der Waals surface area contributed by atoms with E-state index < -0.39 is 24.1 Å². The molecule has 0 saturated carbocycles. The van der Waals surface area contributed by atoms with E-state index in [-0.39, 0.29) is 6.42 Å². The maximum Gasteiger partial charge on any atom is 0.369 e. The molecule has 0 aromatic heterocycles. The van der Waals surface area contributed by atoms with Crippen LogP contribution in [0.25, 0.3) is 0 Å². The van der Waals surface area contributed by atoms with E-state index >= 15 is 0 Å². The van der Waals surface area contributed by atoms with Crippen LogP contribution in [0.2, 0.25) is 0 Å². The second-order valence-corrected chi connectivity index (χ2v) is 3.28. The van der Waals surface area contributed by atoms with Gasteiger partial charge in [-0.1, -0.05) is 6.92 Å². The molecule has 0 amide bonds. The Labute approximate surface area is 75.7 Å². The van der Waals surface area contributed by atoms with Crippen LogP contribution in [-0.4, -0.2) is 29.2 Å². The number of ether oxygens (including phenoxy) is 1. The molecule has 0 heterocycles. The molecule has 0 aromatic rings. The molecule has 0 rings (SSSR count). The Morgan fingerprint density at radius 1 is 1.46 bits per heavy atom. The number of hydrogen-bond donors (Lipinski definition) is 1. The summed E-state index contributed by atoms with van der Waals surface area (Å²) in [6, 6.07) is 0. The molecule has 0 spiro atoms. The van der Waals surface area contributed by atoms with Gasteiger partial charge in [0.15, 0.2) is 0 Å². The van der Waals surface area contributed by atoms with E-state index in [4.69, 9.17) is 5.11 Å². The Hall–Kier alpha value is -0.710. The second kappa shape index (κ2) is 4.00. The Balaban J connectivity index is 4.09. The molecular weight excluding hydrogens is 182 g/mol. The molecule has 0 fully saturated rings. The molecule has 0 bridgehead atoms. The van der Waals surface area contributed by atoms with Gasteiger partial charge in [-0.25, -0.2) is 9.18 Å². The van der Waals surface area contributed by atoms with E-state index in [2.05, 4.69) is 4.74 Å². The van der Waals surface area contributed by atoms with E-state index in [1.54, 1.807) is 6.92 Å². The molecule has 0 aliphatic rings. The van der Waals surface area contributed by atoms with E-state index in [9.17, 15) is 13.6 Å². The summed E-state index contributed by atoms with van der Waals surface area (Å²) in [6.07, 6.45) is 0.142. The van der Waals surface area contributed by atoms with Crippen LogP contribution in [0.3, 0.4) is 0 Å². The minimum absolute atomic E-state index is 0.142. The van der Waals surface area contributed by atoms with Crippen LogP contribution in [-0.2, 0) is 9.53 Å². The minimum Gasteiger partial charge on any atom is -0.477 e. The van der Waals surface area contributed by atoms with Crippen molar-refractivity contribution < 1.29 is 23.4 Å². The molecule has 0 radical (unpaired) electrons. The topological polar surface area (TPSA) is 46.5 Å². The summed E-state index contributed by atoms with van der Waals surface area (Å²) < 4.78 is 30.3. The maximum atomic E-state index is 13.1. The highest BCUT2D eigenvalue weighted by molar-refractivity contribution is 5.74. The van der Waals surface area contributed by atoms with Gasteiger partial charge in [0.25, 0.3) is 0 Å². The minimum atomic E-state index is -2.82. The van der Waals surface area contributed by atoms with Gasteiger partial charge in [-0.3, -0.25) is 0 Å². The predicted octanol–water partition coefficient (Wildman–Crippen LogP) is 1.91. The quantitative estimate of drug-likeness (QED) is 0.730. The highest BCUT2D eigenvalue weighted by Crippen LogP contribution is 2.20. The molecule has 0 aliphatic carbocycles. The van der Waals surface area contributed by atoms with Crippen LogP contribution in [0, 0.1) is 0 Å². The number of aliphatic carboxylic acids is 1. The summed E-state index contributed by atoms with van der Waals surface area (Å²) in [7, 11) is 0. The van der Waals surface area contributed by atoms with Crippen LogP contribution in [0.15, 0.2) is 0 Å². The molecule has 5 heteroatoms. The number of hydrogen-bond acceptors (Lipinski definition) is 2. The standard InChI is InChI=1S/C8H14F2O3/c1-4-7(2,9)5-13-8(3,10)6(11)12/h4-5H2,1-3H3,(H,11,12). The summed E-state index contributed by atoms with van der Waals surface area (Å²) in [4.78, 5) is 10.2. The van der Waals surface area contributed by atoms with Crippen LogP contribution in [0.1, 0.15) is 27.2 Å². The fourth-order valence-corrected chi connectivity index (χ4v) is 0.450. The van der Waals surface area contributed by atoms with Gasteiger partial charge in [-0.2, -0.15) is 4.39 Å². The lowest BCUT2D eigenvalue weighted by Crippen LogP contribution is -2.38. The number of halogens is 2. The Kier molecular flexibility index (Phi) is 3.78. The van der Waals surface area contributed by atoms with E-state index in [1.165, 1.54) is 6.92 Å². The van der Waals surface area contributed by atoms with Crippen molar-refractivity contribution in [2.75, 3.05) is 6.61 Å². The van der Waals surface area contributed by atoms with Crippen molar-refractivity contribution in [2.45, 2.75) is 38.7 Å². The Morgan fingerprint density at radius 3 is 2.23 bits per heavy atom. The zero-order valence-electron chi connectivity index (χ0n) is 7.93. The molecule has 2 unspecified atom stereocenters. The lowest BCUT2D eigenvalue weighted by Gasteiger charge is -2.22. The Morgan fingerprint density at radius 2 is 1.92 bits per heavy atom. The number of alkyl halides is 2. The van der Waals surface area contributed by atoms with Crippen molar-refractivity contribution >= 4 is 5.97 Å². The van der Waals surface area contributed by atoms with Crippen molar-refractivity contribution in [3.8, 4) is 0 Å². The summed E-state index contributed by atoms with van der Waals surface area (Å²) in [6.45, 7) is 2.97. The molecule has 13 heavy (non-hydrogen) atoms. The smallest absolute Gasteiger partial charge is 0.369 e. The number of rotatable bonds is 5. The van der Waals surface area contributed by atoms with Crippen molar-refractivity contribution in [1.82, 2.24) is 0 Å². The normalized spacial score (nSPS) is 20.4. The molecule has 1 N–H and O–H groups in total. The monoisotopic (exact) mass is 196 g/mol. The van der Waals surface area contributed by atoms with Crippen molar-refractivity contribution in [3.63, 3.8) is 0 Å². The zero-order chi connectivity index (χ0) is 10.7. The summed E-state index contributed by atoms with van der Waals surface area (Å²) >= 11 is 0. The highest BCUT2D eigenvalue weighted by Gasteiger charge is 2.36. The zero-order valence-corrected chi connectivity index (χ0v) is 7.93. The molecule has 3 nitrogen and oxygen atoms in total. The number of carboxylic acid groups (broad SMARTS) is 1. The molecule has 0 saturated heterocycles. The first-order valence-electron chi connectivity index (χ1n) is 3.96. The van der Waals surface area contributed by atoms with Gasteiger partial charge in [-0.05, 0) is 13.3 Å². The molecular formula is C8H14F2O3. The van der Waals surface area contributed by atoms with Crippen LogP contribution >= 0.6 is 0 Å². The van der Waals surface area contributed by atoms with Crippen molar-refractivity contribution in [1.29, 1.82) is 0 Å². The first-order chi connectivity index (χ1) is 5.71. The fraction of sp³-hybridized carbons (Fsp3) is 0.875. The largest absolute Gasteiger partial charge is 0.477 e. The first kappa shape index (κ1) is 12.3. The van der Waals surface area contributed by atoms with Gasteiger partial charge in [0.05, 0.1) is 6.61 Å². The Bertz CT molecular complexity index is 190. The molecule has 78 valence electrons. The molecule has 0 aliphatic heterocycles. The first-order valence-corrected chi connectivity index (χ1v) is 3.96. The van der Waals surface area contributed by atoms with Crippen molar-refractivity contribution in [3.05, 3.63) is 0 Å². The predicted molar refractivity (Wildman–Crippen MR) is 42.9 cm³/mol. The van der Waals surface area contributed by atoms with E-state index in [0.717, 1.165) is 6.92 Å². The van der Waals surface area contributed by atoms with Gasteiger partial charge in [-0.15, -0.1) is 0 Å². The number of carbonyl (C=O) groups is 1. The van der Waals surface area contributed by atoms with Gasteiger partial charge in [0.1, 0.15) is 5.67 Å². The third-order valence-corrected chi connectivity index (χ3v) is 1.76. The fourth-order valence-electron chi connectivity index (χ4n) is 0.450. The maximum absolute atomic E-state index is 13.1. The van der Waals surface area contributed by atoms with Crippen LogP contribution in [0.5, 0.6) is 0 Å². The second-order valence-electron chi connectivity index (χ2n) is 3.28. The third kappa shape index (κ3) is 4.17. The van der Waals surface area contributed by atoms with Gasteiger partial charge in [0.2, 0.25) is 0 Å². The number of carboxylic acids is 1. The van der Waals surface area contributed by atoms with Crippen LogP contribution < -0.4 is 0 Å². The van der Waals surface area contributed by atoms with E-state index in [0.29, 0.717) is 0 Å². The summed E-state index contributed by atoms with van der Waals surface area (Å²) in [5.41, 5.74) is -1.69. The highest BCUT2D eigenvalue weighted by atomic mass is 19.2.